The van der Waals surface area contributed by atoms with Gasteiger partial charge in [-0.1, -0.05) is 17.7 Å². The Balaban J connectivity index is 1.47. The van der Waals surface area contributed by atoms with E-state index < -0.39 is 28.4 Å². The van der Waals surface area contributed by atoms with E-state index in [1.807, 2.05) is 0 Å². The molecule has 2 N–H and O–H groups in total. The van der Waals surface area contributed by atoms with Crippen LogP contribution in [0.25, 0.3) is 0 Å². The van der Waals surface area contributed by atoms with Crippen LogP contribution in [0.3, 0.4) is 0 Å². The minimum absolute atomic E-state index is 0.00642. The fourth-order valence-corrected chi connectivity index (χ4v) is 3.96. The number of ether oxygens (including phenoxy) is 1. The largest absolute Gasteiger partial charge is 0.422 e. The Morgan fingerprint density at radius 1 is 1.06 bits per heavy atom. The Hall–Kier alpha value is -3.05. The predicted octanol–water partition coefficient (Wildman–Crippen LogP) is 3.05. The second-order valence-electron chi connectivity index (χ2n) is 6.01. The number of rotatable bonds is 8. The van der Waals surface area contributed by atoms with E-state index in [-0.39, 0.29) is 4.90 Å². The summed E-state index contributed by atoms with van der Waals surface area (Å²) in [6.45, 7) is -0.486. The van der Waals surface area contributed by atoms with Crippen LogP contribution in [0.5, 0.6) is 5.75 Å². The number of hydrazone groups is 1. The third-order valence-electron chi connectivity index (χ3n) is 3.76. The topological polar surface area (TPSA) is 114 Å². The lowest BCUT2D eigenvalue weighted by Crippen LogP contribution is -2.34. The smallest absolute Gasteiger partial charge is 0.353 e. The Morgan fingerprint density at radius 2 is 1.77 bits per heavy atom. The number of esters is 1. The van der Waals surface area contributed by atoms with Gasteiger partial charge in [-0.15, -0.1) is 11.3 Å². The van der Waals surface area contributed by atoms with E-state index in [9.17, 15) is 18.0 Å². The number of amides is 1. The van der Waals surface area contributed by atoms with Gasteiger partial charge in [0, 0.05) is 5.02 Å². The summed E-state index contributed by atoms with van der Waals surface area (Å²) in [6.07, 6.45) is 1.37. The highest BCUT2D eigenvalue weighted by molar-refractivity contribution is 7.89. The van der Waals surface area contributed by atoms with Gasteiger partial charge in [0.25, 0.3) is 5.91 Å². The molecule has 3 rings (SSSR count). The zero-order valence-electron chi connectivity index (χ0n) is 15.8. The van der Waals surface area contributed by atoms with Crippen molar-refractivity contribution in [2.24, 2.45) is 5.10 Å². The molecule has 0 atom stereocenters. The number of sulfonamides is 1. The van der Waals surface area contributed by atoms with Crippen LogP contribution in [-0.4, -0.2) is 33.1 Å². The highest BCUT2D eigenvalue weighted by Crippen LogP contribution is 2.16. The second kappa shape index (κ2) is 10.3. The van der Waals surface area contributed by atoms with Gasteiger partial charge in [-0.25, -0.2) is 23.4 Å². The molecular weight excluding hydrogens is 462 g/mol. The van der Waals surface area contributed by atoms with Crippen molar-refractivity contribution in [3.05, 3.63) is 81.5 Å². The Bertz CT molecular complexity index is 1180. The molecule has 8 nitrogen and oxygen atoms in total. The van der Waals surface area contributed by atoms with Gasteiger partial charge < -0.3 is 4.74 Å². The van der Waals surface area contributed by atoms with Crippen molar-refractivity contribution in [1.29, 1.82) is 0 Å². The van der Waals surface area contributed by atoms with Crippen molar-refractivity contribution < 1.29 is 22.7 Å². The molecule has 11 heteroatoms. The number of hydrogen-bond donors (Lipinski definition) is 2. The van der Waals surface area contributed by atoms with Crippen LogP contribution < -0.4 is 14.9 Å². The van der Waals surface area contributed by atoms with E-state index in [0.717, 1.165) is 0 Å². The molecule has 0 saturated heterocycles. The molecule has 1 heterocycles. The fraction of sp³-hybridized carbons (Fsp3) is 0.0500. The van der Waals surface area contributed by atoms with Gasteiger partial charge in [0.15, 0.2) is 0 Å². The highest BCUT2D eigenvalue weighted by Gasteiger charge is 2.15. The first-order valence-electron chi connectivity index (χ1n) is 8.76. The molecular formula is C20H16ClN3O5S2. The summed E-state index contributed by atoms with van der Waals surface area (Å²) in [5.41, 5.74) is 2.87. The summed E-state index contributed by atoms with van der Waals surface area (Å²) in [4.78, 5) is 24.2. The maximum atomic E-state index is 12.1. The molecule has 3 aromatic rings. The van der Waals surface area contributed by atoms with Crippen LogP contribution in [0.1, 0.15) is 15.2 Å². The van der Waals surface area contributed by atoms with E-state index in [0.29, 0.717) is 21.2 Å². The SMILES string of the molecule is O=C(CNS(=O)(=O)c1ccc(Cl)cc1)N/N=C/c1ccc(OC(=O)c2cccs2)cc1. The van der Waals surface area contributed by atoms with Crippen LogP contribution in [0, 0.1) is 0 Å². The molecule has 2 aromatic carbocycles. The lowest BCUT2D eigenvalue weighted by Gasteiger charge is -2.06. The summed E-state index contributed by atoms with van der Waals surface area (Å²) in [7, 11) is -3.84. The normalized spacial score (nSPS) is 11.4. The molecule has 0 aliphatic carbocycles. The highest BCUT2D eigenvalue weighted by atomic mass is 35.5. The molecule has 0 saturated carbocycles. The molecule has 1 aromatic heterocycles. The third kappa shape index (κ3) is 6.72. The number of thiophene rings is 1. The first kappa shape index (κ1) is 22.6. The Kier molecular flexibility index (Phi) is 7.53. The average molecular weight is 478 g/mol. The van der Waals surface area contributed by atoms with Crippen LogP contribution >= 0.6 is 22.9 Å². The standard InChI is InChI=1S/C20H16ClN3O5S2/c21-15-5-9-17(10-6-15)31(27,28)23-13-19(25)24-22-12-14-3-7-16(8-4-14)29-20(26)18-2-1-11-30-18/h1-12,23H,13H2,(H,24,25)/b22-12+. The van der Waals surface area contributed by atoms with Crippen LogP contribution in [0.4, 0.5) is 0 Å². The maximum Gasteiger partial charge on any atom is 0.353 e. The number of hydrogen-bond acceptors (Lipinski definition) is 7. The quantitative estimate of drug-likeness (QED) is 0.224. The van der Waals surface area contributed by atoms with Gasteiger partial charge in [0.2, 0.25) is 10.0 Å². The van der Waals surface area contributed by atoms with E-state index in [1.54, 1.807) is 41.8 Å². The molecule has 1 amide bonds. The summed E-state index contributed by atoms with van der Waals surface area (Å²) in [5, 5.41) is 5.96. The van der Waals surface area contributed by atoms with Crippen molar-refractivity contribution in [3.8, 4) is 5.75 Å². The van der Waals surface area contributed by atoms with Crippen LogP contribution in [0.15, 0.2) is 76.0 Å². The molecule has 0 fully saturated rings. The lowest BCUT2D eigenvalue weighted by atomic mass is 10.2. The number of nitrogens with one attached hydrogen (secondary N) is 2. The first-order chi connectivity index (χ1) is 14.8. The Labute approximate surface area is 187 Å². The van der Waals surface area contributed by atoms with Crippen molar-refractivity contribution in [1.82, 2.24) is 10.1 Å². The lowest BCUT2D eigenvalue weighted by molar-refractivity contribution is -0.119. The average Bonchev–Trinajstić information content (AvgIpc) is 3.29. The van der Waals surface area contributed by atoms with Gasteiger partial charge >= 0.3 is 5.97 Å². The van der Waals surface area contributed by atoms with Crippen molar-refractivity contribution in [3.63, 3.8) is 0 Å². The predicted molar refractivity (Wildman–Crippen MR) is 118 cm³/mol. The van der Waals surface area contributed by atoms with Crippen molar-refractivity contribution in [2.45, 2.75) is 4.90 Å². The van der Waals surface area contributed by atoms with Gasteiger partial charge in [-0.05, 0) is 65.5 Å². The van der Waals surface area contributed by atoms with Crippen molar-refractivity contribution in [2.75, 3.05) is 6.54 Å². The number of carbonyl (C=O) groups excluding carboxylic acids is 2. The second-order valence-corrected chi connectivity index (χ2v) is 9.16. The summed E-state index contributed by atoms with van der Waals surface area (Å²) >= 11 is 7.02. The van der Waals surface area contributed by atoms with Gasteiger partial charge in [-0.2, -0.15) is 5.10 Å². The number of carbonyl (C=O) groups is 2. The van der Waals surface area contributed by atoms with E-state index >= 15 is 0 Å². The molecule has 160 valence electrons. The zero-order valence-corrected chi connectivity index (χ0v) is 18.2. The monoisotopic (exact) mass is 477 g/mol. The number of nitrogens with zero attached hydrogens (tertiary/aromatic N) is 1. The zero-order chi connectivity index (χ0) is 22.3. The summed E-state index contributed by atoms with van der Waals surface area (Å²) in [6, 6.07) is 15.5. The van der Waals surface area contributed by atoms with Crippen molar-refractivity contribution >= 4 is 51.1 Å². The van der Waals surface area contributed by atoms with E-state index in [1.165, 1.54) is 41.8 Å². The Morgan fingerprint density at radius 3 is 2.42 bits per heavy atom. The van der Waals surface area contributed by atoms with E-state index in [2.05, 4.69) is 15.2 Å². The molecule has 0 radical (unpaired) electrons. The molecule has 31 heavy (non-hydrogen) atoms. The summed E-state index contributed by atoms with van der Waals surface area (Å²) < 4.78 is 31.7. The maximum absolute atomic E-state index is 12.1. The molecule has 0 bridgehead atoms. The molecule has 0 spiro atoms. The number of halogens is 1. The molecule has 0 unspecified atom stereocenters. The molecule has 0 aliphatic rings. The first-order valence-corrected chi connectivity index (χ1v) is 11.5. The third-order valence-corrected chi connectivity index (χ3v) is 6.28. The molecule has 0 aliphatic heterocycles. The van der Waals surface area contributed by atoms with Crippen LogP contribution in [0.2, 0.25) is 5.02 Å². The van der Waals surface area contributed by atoms with Gasteiger partial charge in [-0.3, -0.25) is 4.79 Å². The minimum atomic E-state index is -3.84. The van der Waals surface area contributed by atoms with E-state index in [4.69, 9.17) is 16.3 Å². The fourth-order valence-electron chi connectivity index (χ4n) is 2.25. The minimum Gasteiger partial charge on any atom is -0.422 e. The van der Waals surface area contributed by atoms with Gasteiger partial charge in [0.1, 0.15) is 10.6 Å². The van der Waals surface area contributed by atoms with Gasteiger partial charge in [0.05, 0.1) is 17.7 Å². The number of benzene rings is 2. The summed E-state index contributed by atoms with van der Waals surface area (Å²) in [5.74, 6) is -0.712. The van der Waals surface area contributed by atoms with Crippen LogP contribution in [-0.2, 0) is 14.8 Å².